The first-order chi connectivity index (χ1) is 11.6. The van der Waals surface area contributed by atoms with Crippen LogP contribution in [0.2, 0.25) is 0 Å². The van der Waals surface area contributed by atoms with Crippen LogP contribution in [0.25, 0.3) is 0 Å². The molecule has 1 aliphatic rings. The minimum absolute atomic E-state index is 0.0647. The highest BCUT2D eigenvalue weighted by molar-refractivity contribution is 6.12. The van der Waals surface area contributed by atoms with Crippen LogP contribution in [0, 0.1) is 22.7 Å². The lowest BCUT2D eigenvalue weighted by Crippen LogP contribution is -2.54. The van der Waals surface area contributed by atoms with E-state index in [0.717, 1.165) is 0 Å². The SMILES string of the molecule is N#Cc1ccc(N2CC(=O)N(c3ccc(C#N)cc3)CC2=O)cc1. The molecule has 6 heteroatoms. The van der Waals surface area contributed by atoms with Gasteiger partial charge in [0.2, 0.25) is 11.8 Å². The van der Waals surface area contributed by atoms with Crippen LogP contribution in [-0.4, -0.2) is 24.9 Å². The summed E-state index contributed by atoms with van der Waals surface area (Å²) in [7, 11) is 0. The molecular weight excluding hydrogens is 304 g/mol. The number of hydrogen-bond donors (Lipinski definition) is 0. The number of anilines is 2. The van der Waals surface area contributed by atoms with Crippen LogP contribution in [-0.2, 0) is 9.59 Å². The summed E-state index contributed by atoms with van der Waals surface area (Å²) in [4.78, 5) is 27.6. The van der Waals surface area contributed by atoms with Gasteiger partial charge in [0.25, 0.3) is 0 Å². The predicted molar refractivity (Wildman–Crippen MR) is 87.0 cm³/mol. The predicted octanol–water partition coefficient (Wildman–Crippen LogP) is 1.81. The fourth-order valence-corrected chi connectivity index (χ4v) is 2.52. The summed E-state index contributed by atoms with van der Waals surface area (Å²) < 4.78 is 0. The van der Waals surface area contributed by atoms with E-state index in [9.17, 15) is 9.59 Å². The fourth-order valence-electron chi connectivity index (χ4n) is 2.52. The zero-order chi connectivity index (χ0) is 17.1. The molecule has 0 radical (unpaired) electrons. The number of benzene rings is 2. The van der Waals surface area contributed by atoms with Gasteiger partial charge >= 0.3 is 0 Å². The smallest absolute Gasteiger partial charge is 0.247 e. The summed E-state index contributed by atoms with van der Waals surface area (Å²) in [6.45, 7) is -0.129. The van der Waals surface area contributed by atoms with Crippen molar-refractivity contribution in [3.8, 4) is 12.1 Å². The van der Waals surface area contributed by atoms with E-state index in [-0.39, 0.29) is 24.9 Å². The Morgan fingerprint density at radius 1 is 0.667 bits per heavy atom. The molecule has 0 aromatic heterocycles. The quantitative estimate of drug-likeness (QED) is 0.845. The first-order valence-electron chi connectivity index (χ1n) is 7.23. The Bertz CT molecular complexity index is 798. The van der Waals surface area contributed by atoms with E-state index >= 15 is 0 Å². The zero-order valence-electron chi connectivity index (χ0n) is 12.6. The van der Waals surface area contributed by atoms with Crippen LogP contribution in [0.15, 0.2) is 48.5 Å². The van der Waals surface area contributed by atoms with E-state index < -0.39 is 0 Å². The molecule has 2 aromatic carbocycles. The summed E-state index contributed by atoms with van der Waals surface area (Å²) in [5.74, 6) is -0.410. The second-order valence-corrected chi connectivity index (χ2v) is 5.28. The van der Waals surface area contributed by atoms with E-state index in [1.54, 1.807) is 48.5 Å². The van der Waals surface area contributed by atoms with Gasteiger partial charge in [0.1, 0.15) is 13.1 Å². The molecule has 0 aliphatic carbocycles. The van der Waals surface area contributed by atoms with Crippen molar-refractivity contribution < 1.29 is 9.59 Å². The molecule has 2 aromatic rings. The van der Waals surface area contributed by atoms with Gasteiger partial charge in [-0.2, -0.15) is 10.5 Å². The van der Waals surface area contributed by atoms with Crippen LogP contribution in [0.4, 0.5) is 11.4 Å². The molecule has 1 fully saturated rings. The van der Waals surface area contributed by atoms with Crippen LogP contribution >= 0.6 is 0 Å². The number of nitriles is 2. The molecule has 3 rings (SSSR count). The van der Waals surface area contributed by atoms with Gasteiger partial charge in [-0.25, -0.2) is 0 Å². The number of amides is 2. The van der Waals surface area contributed by atoms with Gasteiger partial charge in [-0.1, -0.05) is 0 Å². The summed E-state index contributed by atoms with van der Waals surface area (Å²) in [6, 6.07) is 17.1. The molecule has 2 amide bonds. The first kappa shape index (κ1) is 15.3. The lowest BCUT2D eigenvalue weighted by Gasteiger charge is -2.34. The minimum atomic E-state index is -0.205. The highest BCUT2D eigenvalue weighted by Gasteiger charge is 2.31. The van der Waals surface area contributed by atoms with Crippen molar-refractivity contribution in [3.05, 3.63) is 59.7 Å². The normalized spacial score (nSPS) is 14.2. The number of carbonyl (C=O) groups is 2. The van der Waals surface area contributed by atoms with Crippen molar-refractivity contribution in [2.24, 2.45) is 0 Å². The van der Waals surface area contributed by atoms with Gasteiger partial charge in [0.15, 0.2) is 0 Å². The van der Waals surface area contributed by atoms with E-state index in [1.807, 2.05) is 12.1 Å². The van der Waals surface area contributed by atoms with E-state index in [4.69, 9.17) is 10.5 Å². The first-order valence-corrected chi connectivity index (χ1v) is 7.23. The standard InChI is InChI=1S/C18H12N4O2/c19-9-13-1-5-15(6-2-13)21-11-18(24)22(12-17(21)23)16-7-3-14(10-20)4-8-16/h1-8H,11-12H2. The molecule has 0 spiro atoms. The average Bonchev–Trinajstić information content (AvgIpc) is 2.63. The van der Waals surface area contributed by atoms with Gasteiger partial charge < -0.3 is 9.80 Å². The van der Waals surface area contributed by atoms with E-state index in [2.05, 4.69) is 0 Å². The molecule has 116 valence electrons. The van der Waals surface area contributed by atoms with Gasteiger partial charge in [-0.3, -0.25) is 9.59 Å². The molecule has 24 heavy (non-hydrogen) atoms. The molecule has 0 atom stereocenters. The Morgan fingerprint density at radius 3 is 1.29 bits per heavy atom. The van der Waals surface area contributed by atoms with Gasteiger partial charge in [0, 0.05) is 11.4 Å². The Labute approximate surface area is 138 Å². The maximum atomic E-state index is 12.4. The summed E-state index contributed by atoms with van der Waals surface area (Å²) in [6.07, 6.45) is 0. The van der Waals surface area contributed by atoms with E-state index in [0.29, 0.717) is 22.5 Å². The maximum Gasteiger partial charge on any atom is 0.247 e. The highest BCUT2D eigenvalue weighted by atomic mass is 16.2. The van der Waals surface area contributed by atoms with Crippen molar-refractivity contribution in [2.75, 3.05) is 22.9 Å². The second-order valence-electron chi connectivity index (χ2n) is 5.28. The Morgan fingerprint density at radius 2 is 1.00 bits per heavy atom. The van der Waals surface area contributed by atoms with Crippen molar-refractivity contribution >= 4 is 23.2 Å². The third-order valence-electron chi connectivity index (χ3n) is 3.81. The number of rotatable bonds is 2. The maximum absolute atomic E-state index is 12.4. The largest absolute Gasteiger partial charge is 0.301 e. The number of piperazine rings is 1. The number of nitrogens with zero attached hydrogens (tertiary/aromatic N) is 4. The zero-order valence-corrected chi connectivity index (χ0v) is 12.6. The lowest BCUT2D eigenvalue weighted by molar-refractivity contribution is -0.125. The molecule has 0 unspecified atom stereocenters. The van der Waals surface area contributed by atoms with Gasteiger partial charge in [-0.05, 0) is 48.5 Å². The lowest BCUT2D eigenvalue weighted by atomic mass is 10.1. The Hall–Kier alpha value is -3.64. The van der Waals surface area contributed by atoms with Crippen molar-refractivity contribution in [1.29, 1.82) is 10.5 Å². The summed E-state index contributed by atoms with van der Waals surface area (Å²) in [5.41, 5.74) is 2.17. The van der Waals surface area contributed by atoms with Gasteiger partial charge in [-0.15, -0.1) is 0 Å². The second kappa shape index (κ2) is 6.23. The molecular formula is C18H12N4O2. The molecule has 6 nitrogen and oxygen atoms in total. The molecule has 1 heterocycles. The van der Waals surface area contributed by atoms with Crippen molar-refractivity contribution in [2.45, 2.75) is 0 Å². The molecule has 0 N–H and O–H groups in total. The minimum Gasteiger partial charge on any atom is -0.301 e. The molecule has 1 saturated heterocycles. The number of carbonyl (C=O) groups excluding carboxylic acids is 2. The van der Waals surface area contributed by atoms with Gasteiger partial charge in [0.05, 0.1) is 23.3 Å². The Balaban J connectivity index is 1.81. The average molecular weight is 316 g/mol. The molecule has 0 bridgehead atoms. The third-order valence-corrected chi connectivity index (χ3v) is 3.81. The van der Waals surface area contributed by atoms with Crippen molar-refractivity contribution in [3.63, 3.8) is 0 Å². The van der Waals surface area contributed by atoms with Crippen LogP contribution < -0.4 is 9.80 Å². The number of hydrogen-bond acceptors (Lipinski definition) is 4. The summed E-state index contributed by atoms with van der Waals surface area (Å²) >= 11 is 0. The summed E-state index contributed by atoms with van der Waals surface area (Å²) in [5, 5.41) is 17.6. The van der Waals surface area contributed by atoms with Crippen LogP contribution in [0.1, 0.15) is 11.1 Å². The third kappa shape index (κ3) is 2.81. The van der Waals surface area contributed by atoms with E-state index in [1.165, 1.54) is 9.80 Å². The highest BCUT2D eigenvalue weighted by Crippen LogP contribution is 2.22. The fraction of sp³-hybridized carbons (Fsp3) is 0.111. The van der Waals surface area contributed by atoms with Crippen molar-refractivity contribution in [1.82, 2.24) is 0 Å². The Kier molecular flexibility index (Phi) is 3.96. The van der Waals surface area contributed by atoms with Crippen LogP contribution in [0.3, 0.4) is 0 Å². The molecule has 1 aliphatic heterocycles. The topological polar surface area (TPSA) is 88.2 Å². The monoisotopic (exact) mass is 316 g/mol. The van der Waals surface area contributed by atoms with Crippen LogP contribution in [0.5, 0.6) is 0 Å². The molecule has 0 saturated carbocycles.